The van der Waals surface area contributed by atoms with Gasteiger partial charge in [0.2, 0.25) is 17.7 Å². The van der Waals surface area contributed by atoms with Gasteiger partial charge in [0.15, 0.2) is 5.96 Å². The van der Waals surface area contributed by atoms with Crippen molar-refractivity contribution < 1.29 is 34.2 Å². The molecule has 0 aliphatic rings. The second kappa shape index (κ2) is 16.8. The third-order valence-electron chi connectivity index (χ3n) is 6.27. The number of carboxylic acid groups (broad SMARTS) is 2. The summed E-state index contributed by atoms with van der Waals surface area (Å²) in [7, 11) is 0. The minimum absolute atomic E-state index is 0.00274. The number of rotatable bonds is 18. The van der Waals surface area contributed by atoms with Gasteiger partial charge in [0, 0.05) is 30.1 Å². The lowest BCUT2D eigenvalue weighted by atomic mass is 10.0. The number of carboxylic acids is 2. The largest absolute Gasteiger partial charge is 0.481 e. The number of H-pyrrole nitrogens is 1. The lowest BCUT2D eigenvalue weighted by molar-refractivity contribution is -0.143. The molecule has 3 amide bonds. The molecule has 0 fully saturated rings. The Morgan fingerprint density at radius 1 is 0.952 bits per heavy atom. The number of fused-ring (bicyclic) bond motifs is 1. The van der Waals surface area contributed by atoms with Crippen LogP contribution in [0.15, 0.2) is 35.5 Å². The zero-order valence-corrected chi connectivity index (χ0v) is 24.0. The van der Waals surface area contributed by atoms with Crippen LogP contribution >= 0.6 is 11.8 Å². The maximum atomic E-state index is 13.4. The van der Waals surface area contributed by atoms with E-state index in [2.05, 4.69) is 25.9 Å². The van der Waals surface area contributed by atoms with Crippen molar-refractivity contribution in [3.05, 3.63) is 36.0 Å². The molecule has 0 radical (unpaired) electrons. The minimum Gasteiger partial charge on any atom is -0.481 e. The second-order valence-corrected chi connectivity index (χ2v) is 10.5. The molecule has 1 aromatic carbocycles. The fraction of sp³-hybridized carbons (Fsp3) is 0.462. The van der Waals surface area contributed by atoms with Gasteiger partial charge in [-0.2, -0.15) is 11.8 Å². The molecule has 0 saturated heterocycles. The van der Waals surface area contributed by atoms with E-state index in [1.165, 1.54) is 11.8 Å². The summed E-state index contributed by atoms with van der Waals surface area (Å²) in [4.78, 5) is 69.5. The molecule has 1 aromatic heterocycles. The fourth-order valence-corrected chi connectivity index (χ4v) is 4.56. The molecule has 4 atom stereocenters. The molecule has 16 heteroatoms. The van der Waals surface area contributed by atoms with Crippen molar-refractivity contribution in [2.75, 3.05) is 18.6 Å². The standard InChI is InChI=1S/C26H38N8O7S/c1-42-10-8-16(27)22(37)33-20(12-21(35)36)24(39)34-19(11-14-13-31-17-6-3-2-5-15(14)17)23(38)32-18(25(40)41)7-4-9-30-26(28)29/h2-3,5-6,13,16,18-20,31H,4,7-12,27H2,1H3,(H,32,38)(H,33,37)(H,34,39)(H,35,36)(H,40,41)(H4,28,29,30). The number of aliphatic imine (C=N–C) groups is 1. The van der Waals surface area contributed by atoms with Gasteiger partial charge >= 0.3 is 11.9 Å². The van der Waals surface area contributed by atoms with Gasteiger partial charge in [-0.05, 0) is 42.9 Å². The smallest absolute Gasteiger partial charge is 0.326 e. The second-order valence-electron chi connectivity index (χ2n) is 9.52. The number of carbonyl (C=O) groups excluding carboxylic acids is 3. The number of aromatic amines is 1. The summed E-state index contributed by atoms with van der Waals surface area (Å²) in [6.45, 7) is 0.146. The number of nitrogens with one attached hydrogen (secondary N) is 4. The van der Waals surface area contributed by atoms with E-state index in [0.29, 0.717) is 17.7 Å². The Morgan fingerprint density at radius 3 is 2.24 bits per heavy atom. The van der Waals surface area contributed by atoms with Crippen LogP contribution in [0, 0.1) is 0 Å². The van der Waals surface area contributed by atoms with E-state index < -0.39 is 60.2 Å². The zero-order chi connectivity index (χ0) is 31.2. The maximum Gasteiger partial charge on any atom is 0.326 e. The number of amides is 3. The van der Waals surface area contributed by atoms with Crippen LogP contribution in [-0.2, 0) is 30.4 Å². The molecular formula is C26H38N8O7S. The van der Waals surface area contributed by atoms with Crippen molar-refractivity contribution in [2.24, 2.45) is 22.2 Å². The van der Waals surface area contributed by atoms with Crippen molar-refractivity contribution >= 4 is 58.3 Å². The molecule has 12 N–H and O–H groups in total. The van der Waals surface area contributed by atoms with E-state index >= 15 is 0 Å². The van der Waals surface area contributed by atoms with Gasteiger partial charge < -0.3 is 48.3 Å². The lowest BCUT2D eigenvalue weighted by Crippen LogP contribution is -2.58. The number of thioether (sulfide) groups is 1. The average molecular weight is 607 g/mol. The van der Waals surface area contributed by atoms with Crippen LogP contribution in [0.2, 0.25) is 0 Å². The highest BCUT2D eigenvalue weighted by Gasteiger charge is 2.32. The molecule has 0 saturated carbocycles. The van der Waals surface area contributed by atoms with E-state index in [4.69, 9.17) is 17.2 Å². The van der Waals surface area contributed by atoms with Crippen molar-refractivity contribution in [2.45, 2.75) is 56.3 Å². The first kappa shape index (κ1) is 33.9. The van der Waals surface area contributed by atoms with Crippen LogP contribution in [-0.4, -0.2) is 93.5 Å². The number of carbonyl (C=O) groups is 5. The van der Waals surface area contributed by atoms with E-state index in [1.807, 2.05) is 24.5 Å². The first-order chi connectivity index (χ1) is 19.9. The number of aromatic nitrogens is 1. The van der Waals surface area contributed by atoms with Crippen LogP contribution in [0.4, 0.5) is 0 Å². The normalized spacial score (nSPS) is 13.8. The van der Waals surface area contributed by atoms with Gasteiger partial charge in [-0.3, -0.25) is 24.2 Å². The Labute approximate surface area is 246 Å². The molecule has 0 bridgehead atoms. The first-order valence-electron chi connectivity index (χ1n) is 13.1. The van der Waals surface area contributed by atoms with Crippen molar-refractivity contribution in [3.63, 3.8) is 0 Å². The first-order valence-corrected chi connectivity index (χ1v) is 14.5. The Balaban J connectivity index is 2.29. The molecular weight excluding hydrogens is 568 g/mol. The summed E-state index contributed by atoms with van der Waals surface area (Å²) in [5.74, 6) is -4.72. The van der Waals surface area contributed by atoms with Crippen molar-refractivity contribution in [1.29, 1.82) is 0 Å². The number of nitrogens with zero attached hydrogens (tertiary/aromatic N) is 1. The highest BCUT2D eigenvalue weighted by Crippen LogP contribution is 2.19. The Hall–Kier alpha value is -4.31. The summed E-state index contributed by atoms with van der Waals surface area (Å²) in [6, 6.07) is 2.09. The lowest BCUT2D eigenvalue weighted by Gasteiger charge is -2.24. The zero-order valence-electron chi connectivity index (χ0n) is 23.2. The van der Waals surface area contributed by atoms with Gasteiger partial charge in [-0.15, -0.1) is 0 Å². The van der Waals surface area contributed by atoms with E-state index in [9.17, 15) is 34.2 Å². The molecule has 2 aromatic rings. The predicted octanol–water partition coefficient (Wildman–Crippen LogP) is -1.14. The number of aliphatic carboxylic acids is 2. The average Bonchev–Trinajstić information content (AvgIpc) is 3.34. The summed E-state index contributed by atoms with van der Waals surface area (Å²) in [5.41, 5.74) is 17.9. The molecule has 1 heterocycles. The Bertz CT molecular complexity index is 1280. The van der Waals surface area contributed by atoms with E-state index in [0.717, 1.165) is 10.9 Å². The number of guanidine groups is 1. The molecule has 0 aliphatic heterocycles. The fourth-order valence-electron chi connectivity index (χ4n) is 4.07. The highest BCUT2D eigenvalue weighted by molar-refractivity contribution is 7.98. The molecule has 4 unspecified atom stereocenters. The molecule has 0 aliphatic carbocycles. The summed E-state index contributed by atoms with van der Waals surface area (Å²) in [5, 5.41) is 27.1. The van der Waals surface area contributed by atoms with E-state index in [1.54, 1.807) is 12.3 Å². The predicted molar refractivity (Wildman–Crippen MR) is 159 cm³/mol. The third-order valence-corrected chi connectivity index (χ3v) is 6.92. The van der Waals surface area contributed by atoms with Gasteiger partial charge in [-0.25, -0.2) is 4.79 Å². The highest BCUT2D eigenvalue weighted by atomic mass is 32.2. The molecule has 0 spiro atoms. The summed E-state index contributed by atoms with van der Waals surface area (Å²) in [6.07, 6.45) is 3.21. The van der Waals surface area contributed by atoms with Crippen LogP contribution in [0.1, 0.15) is 31.2 Å². The van der Waals surface area contributed by atoms with Gasteiger partial charge in [-0.1, -0.05) is 18.2 Å². The number of hydrogen-bond acceptors (Lipinski definition) is 8. The number of hydrogen-bond donors (Lipinski definition) is 9. The molecule has 42 heavy (non-hydrogen) atoms. The summed E-state index contributed by atoms with van der Waals surface area (Å²) >= 11 is 1.47. The minimum atomic E-state index is -1.54. The maximum absolute atomic E-state index is 13.4. The number of benzene rings is 1. The van der Waals surface area contributed by atoms with Crippen LogP contribution in [0.3, 0.4) is 0 Å². The number of nitrogens with two attached hydrogens (primary N) is 3. The monoisotopic (exact) mass is 606 g/mol. The Morgan fingerprint density at radius 2 is 1.60 bits per heavy atom. The molecule has 2 rings (SSSR count). The molecule has 230 valence electrons. The van der Waals surface area contributed by atoms with Gasteiger partial charge in [0.05, 0.1) is 12.5 Å². The summed E-state index contributed by atoms with van der Waals surface area (Å²) < 4.78 is 0. The Kier molecular flexibility index (Phi) is 13.6. The number of para-hydroxylation sites is 1. The van der Waals surface area contributed by atoms with Crippen LogP contribution in [0.5, 0.6) is 0 Å². The van der Waals surface area contributed by atoms with Crippen LogP contribution < -0.4 is 33.2 Å². The van der Waals surface area contributed by atoms with Crippen LogP contribution in [0.25, 0.3) is 10.9 Å². The third kappa shape index (κ3) is 10.9. The van der Waals surface area contributed by atoms with Gasteiger partial charge in [0.25, 0.3) is 0 Å². The topological polar surface area (TPSA) is 268 Å². The molecule has 15 nitrogen and oxygen atoms in total. The van der Waals surface area contributed by atoms with Gasteiger partial charge in [0.1, 0.15) is 18.1 Å². The van der Waals surface area contributed by atoms with Crippen molar-refractivity contribution in [3.8, 4) is 0 Å². The van der Waals surface area contributed by atoms with E-state index in [-0.39, 0.29) is 31.8 Å². The van der Waals surface area contributed by atoms with Crippen molar-refractivity contribution in [1.82, 2.24) is 20.9 Å². The SMILES string of the molecule is CSCCC(N)C(=O)NC(CC(=O)O)C(=O)NC(Cc1c[nH]c2ccccc12)C(=O)NC(CCCN=C(N)N)C(=O)O. The quantitative estimate of drug-likeness (QED) is 0.0556.